The third kappa shape index (κ3) is 10.8. The molecule has 0 saturated carbocycles. The Labute approximate surface area is 147 Å². The van der Waals surface area contributed by atoms with Crippen molar-refractivity contribution in [1.82, 2.24) is 9.97 Å². The molecule has 7 nitrogen and oxygen atoms in total. The summed E-state index contributed by atoms with van der Waals surface area (Å²) < 4.78 is 1.39. The Morgan fingerprint density at radius 3 is 1.23 bits per heavy atom. The summed E-state index contributed by atoms with van der Waals surface area (Å²) in [7, 11) is 0. The minimum absolute atomic E-state index is 0. The first-order chi connectivity index (χ1) is 10.0. The van der Waals surface area contributed by atoms with Gasteiger partial charge in [0.05, 0.1) is 11.9 Å². The molecule has 0 bridgehead atoms. The number of hydrogen-bond acceptors (Lipinski definition) is 7. The zero-order chi connectivity index (χ0) is 16.1. The van der Waals surface area contributed by atoms with Crippen molar-refractivity contribution in [2.45, 2.75) is 0 Å². The Balaban J connectivity index is 0. The summed E-state index contributed by atoms with van der Waals surface area (Å²) in [5, 5.41) is 20.1. The summed E-state index contributed by atoms with van der Waals surface area (Å²) in [6, 6.07) is 5.54. The summed E-state index contributed by atoms with van der Waals surface area (Å²) in [4.78, 5) is 36.0. The van der Waals surface area contributed by atoms with Gasteiger partial charge in [0.25, 0.3) is 0 Å². The zero-order valence-electron chi connectivity index (χ0n) is 11.4. The molecule has 0 fully saturated rings. The fourth-order valence-electron chi connectivity index (χ4n) is 0.976. The van der Waals surface area contributed by atoms with Gasteiger partial charge in [0.2, 0.25) is 0 Å². The van der Waals surface area contributed by atoms with E-state index in [2.05, 4.69) is 9.97 Å². The molecule has 110 valence electrons. The molecular formula is C13H8LiN2O5Rh. The smallest absolute Gasteiger partial charge is 1.00 e. The molecule has 0 radical (unpaired) electrons. The van der Waals surface area contributed by atoms with E-state index in [0.717, 1.165) is 0 Å². The molecule has 0 N–H and O–H groups in total. The van der Waals surface area contributed by atoms with Crippen molar-refractivity contribution in [3.8, 4) is 0 Å². The van der Waals surface area contributed by atoms with Gasteiger partial charge in [-0.25, -0.2) is 0 Å². The quantitative estimate of drug-likeness (QED) is 0.480. The summed E-state index contributed by atoms with van der Waals surface area (Å²) >= 11 is 1.92. The molecule has 2 rings (SSSR count). The first-order valence-corrected chi connectivity index (χ1v) is 6.03. The van der Waals surface area contributed by atoms with Crippen LogP contribution < -0.4 is 29.1 Å². The molecule has 0 aliphatic carbocycles. The molecule has 0 spiro atoms. The van der Waals surface area contributed by atoms with E-state index in [0.29, 0.717) is 0 Å². The Hall–Kier alpha value is -1.96. The number of nitrogens with zero attached hydrogens (tertiary/aromatic N) is 2. The van der Waals surface area contributed by atoms with Crippen LogP contribution in [0.4, 0.5) is 0 Å². The molecule has 0 aliphatic heterocycles. The van der Waals surface area contributed by atoms with E-state index in [-0.39, 0.29) is 30.0 Å². The number of carboxylic acid groups (broad SMARTS) is 2. The summed E-state index contributed by atoms with van der Waals surface area (Å²) in [6.45, 7) is 0. The predicted octanol–water partition coefficient (Wildman–Crippen LogP) is -4.51. The van der Waals surface area contributed by atoms with Crippen LogP contribution in [0, 0.1) is 0 Å². The van der Waals surface area contributed by atoms with Crippen molar-refractivity contribution in [2.24, 2.45) is 0 Å². The SMILES string of the molecule is O=C([O-])c1ccncc1.O=C([O-])c1ccncc1.O=[C]=[Rh+].[Li+]. The van der Waals surface area contributed by atoms with Crippen LogP contribution in [0.3, 0.4) is 0 Å². The van der Waals surface area contributed by atoms with Crippen LogP contribution in [0.25, 0.3) is 0 Å². The maximum absolute atomic E-state index is 10.1. The Morgan fingerprint density at radius 1 is 0.864 bits per heavy atom. The minimum Gasteiger partial charge on any atom is 1.00 e. The largest absolute Gasteiger partial charge is 1.00 e. The Kier molecular flexibility index (Phi) is 14.2. The number of aromatic carboxylic acids is 2. The number of carbonyl (C=O) groups excluding carboxylic acids is 3. The first-order valence-electron chi connectivity index (χ1n) is 5.21. The Bertz CT molecular complexity index is 555. The van der Waals surface area contributed by atoms with Gasteiger partial charge in [-0.1, -0.05) is 0 Å². The van der Waals surface area contributed by atoms with Gasteiger partial charge in [0.15, 0.2) is 0 Å². The fraction of sp³-hybridized carbons (Fsp3) is 0. The molecule has 0 aliphatic rings. The second kappa shape index (κ2) is 14.0. The number of hydrogen-bond donors (Lipinski definition) is 0. The van der Waals surface area contributed by atoms with Crippen LogP contribution in [0.2, 0.25) is 0 Å². The van der Waals surface area contributed by atoms with Crippen molar-refractivity contribution < 1.29 is 61.3 Å². The van der Waals surface area contributed by atoms with Gasteiger partial charge < -0.3 is 19.8 Å². The van der Waals surface area contributed by atoms with Gasteiger partial charge in [-0.15, -0.1) is 0 Å². The second-order valence-electron chi connectivity index (χ2n) is 3.11. The van der Waals surface area contributed by atoms with Crippen LogP contribution in [-0.2, 0) is 22.6 Å². The molecule has 0 atom stereocenters. The maximum Gasteiger partial charge on any atom is 1.00 e. The van der Waals surface area contributed by atoms with Gasteiger partial charge in [0.1, 0.15) is 0 Å². The van der Waals surface area contributed by atoms with Gasteiger partial charge >= 0.3 is 46.0 Å². The number of aromatic nitrogens is 2. The third-order valence-electron chi connectivity index (χ3n) is 1.83. The van der Waals surface area contributed by atoms with E-state index in [1.54, 1.807) is 0 Å². The molecule has 22 heavy (non-hydrogen) atoms. The standard InChI is InChI=1S/2C6H5NO2.CO.Li.Rh/c2*8-6(9)5-1-3-7-4-2-5;1-2;;/h2*1-4H,(H,8,9);;;/q;;;2*+1/p-2. The molecule has 0 unspecified atom stereocenters. The van der Waals surface area contributed by atoms with Crippen molar-refractivity contribution in [3.63, 3.8) is 0 Å². The van der Waals surface area contributed by atoms with Crippen molar-refractivity contribution in [1.29, 1.82) is 0 Å². The monoisotopic (exact) mass is 382 g/mol. The van der Waals surface area contributed by atoms with E-state index < -0.39 is 11.9 Å². The van der Waals surface area contributed by atoms with Gasteiger partial charge in [-0.05, 0) is 24.3 Å². The molecule has 0 amide bonds. The first kappa shape index (κ1) is 22.3. The third-order valence-corrected chi connectivity index (χ3v) is 1.83. The van der Waals surface area contributed by atoms with E-state index in [4.69, 9.17) is 4.79 Å². The van der Waals surface area contributed by atoms with E-state index >= 15 is 0 Å². The Morgan fingerprint density at radius 2 is 1.09 bits per heavy atom. The molecule has 0 saturated heterocycles. The average Bonchev–Trinajstić information content (AvgIpc) is 2.50. The minimum atomic E-state index is -1.17. The van der Waals surface area contributed by atoms with E-state index in [9.17, 15) is 19.8 Å². The predicted molar refractivity (Wildman–Crippen MR) is 62.8 cm³/mol. The van der Waals surface area contributed by atoms with Crippen molar-refractivity contribution in [2.75, 3.05) is 0 Å². The van der Waals surface area contributed by atoms with Gasteiger partial charge in [-0.2, -0.15) is 0 Å². The van der Waals surface area contributed by atoms with Gasteiger partial charge in [0, 0.05) is 35.9 Å². The maximum atomic E-state index is 10.1. The van der Waals surface area contributed by atoms with Crippen LogP contribution in [0.15, 0.2) is 49.1 Å². The van der Waals surface area contributed by atoms with Crippen LogP contribution in [0.5, 0.6) is 0 Å². The fourth-order valence-corrected chi connectivity index (χ4v) is 0.976. The van der Waals surface area contributed by atoms with Crippen LogP contribution in [0.1, 0.15) is 20.7 Å². The zero-order valence-corrected chi connectivity index (χ0v) is 13.0. The summed E-state index contributed by atoms with van der Waals surface area (Å²) in [6.07, 6.45) is 5.63. The molecule has 2 aromatic rings. The normalized spacial score (nSPS) is 7.68. The number of carbonyl (C=O) groups is 2. The molecule has 0 aromatic carbocycles. The molecule has 2 heterocycles. The van der Waals surface area contributed by atoms with Crippen molar-refractivity contribution in [3.05, 3.63) is 60.2 Å². The van der Waals surface area contributed by atoms with E-state index in [1.165, 1.54) is 53.5 Å². The second-order valence-corrected chi connectivity index (χ2v) is 3.45. The van der Waals surface area contributed by atoms with Crippen molar-refractivity contribution >= 4 is 16.4 Å². The van der Waals surface area contributed by atoms with E-state index in [1.807, 2.05) is 17.9 Å². The summed E-state index contributed by atoms with van der Waals surface area (Å²) in [5.74, 6) is -2.34. The molecule has 9 heteroatoms. The van der Waals surface area contributed by atoms with Gasteiger partial charge in [-0.3, -0.25) is 9.97 Å². The molecular weight excluding hydrogens is 374 g/mol. The van der Waals surface area contributed by atoms with Crippen LogP contribution >= 0.6 is 0 Å². The number of carboxylic acids is 2. The van der Waals surface area contributed by atoms with Crippen LogP contribution in [-0.4, -0.2) is 26.4 Å². The average molecular weight is 382 g/mol. The summed E-state index contributed by atoms with van der Waals surface area (Å²) in [5.41, 5.74) is 0.315. The number of pyridine rings is 2. The topological polar surface area (TPSA) is 123 Å². The number of rotatable bonds is 2. The molecule has 2 aromatic heterocycles.